The fourth-order valence-electron chi connectivity index (χ4n) is 2.50. The number of hydrogen-bond donors (Lipinski definition) is 1. The minimum atomic E-state index is -0.862. The molecule has 1 aromatic heterocycles. The van der Waals surface area contributed by atoms with Crippen LogP contribution in [-0.4, -0.2) is 40.8 Å². The van der Waals surface area contributed by atoms with Gasteiger partial charge in [-0.3, -0.25) is 0 Å². The number of aromatic nitrogens is 1. The first kappa shape index (κ1) is 28.1. The van der Waals surface area contributed by atoms with Crippen LogP contribution in [0.2, 0.25) is 0 Å². The predicted molar refractivity (Wildman–Crippen MR) is 93.3 cm³/mol. The van der Waals surface area contributed by atoms with Gasteiger partial charge in [-0.15, -0.1) is 0 Å². The number of pyridine rings is 1. The molecular weight excluding hydrogens is 488 g/mol. The summed E-state index contributed by atoms with van der Waals surface area (Å²) in [5.74, 6) is 0. The smallest absolute Gasteiger partial charge is 0.465 e. The second-order valence-corrected chi connectivity index (χ2v) is 5.38. The van der Waals surface area contributed by atoms with Crippen molar-refractivity contribution >= 4 is 22.0 Å². The quantitative estimate of drug-likeness (QED) is 0.485. The molecule has 0 bridgehead atoms. The molecule has 1 aliphatic rings. The van der Waals surface area contributed by atoms with Crippen LogP contribution >= 0.6 is 15.9 Å². The second-order valence-electron chi connectivity index (χ2n) is 4.57. The first-order valence-electron chi connectivity index (χ1n) is 6.31. The van der Waals surface area contributed by atoms with Gasteiger partial charge in [0.1, 0.15) is 4.60 Å². The van der Waals surface area contributed by atoms with Crippen LogP contribution in [0.3, 0.4) is 0 Å². The molecule has 1 aliphatic heterocycles. The zero-order chi connectivity index (χ0) is 13.9. The third kappa shape index (κ3) is 6.94. The molecule has 1 aromatic rings. The van der Waals surface area contributed by atoms with E-state index >= 15 is 0 Å². The molecule has 129 valence electrons. The third-order valence-corrected chi connectivity index (χ3v) is 3.98. The zero-order valence-corrected chi connectivity index (χ0v) is 19.0. The van der Waals surface area contributed by atoms with Gasteiger partial charge in [0.25, 0.3) is 0 Å². The van der Waals surface area contributed by atoms with Crippen LogP contribution in [0.25, 0.3) is 0 Å². The van der Waals surface area contributed by atoms with Crippen molar-refractivity contribution in [3.05, 3.63) is 50.8 Å². The first-order chi connectivity index (χ1) is 9.07. The molecule has 2 heterocycles. The van der Waals surface area contributed by atoms with E-state index in [1.807, 2.05) is 19.1 Å². The van der Waals surface area contributed by atoms with Gasteiger partial charge in [0.2, 0.25) is 0 Å². The van der Waals surface area contributed by atoms with Gasteiger partial charge in [-0.05, 0) is 41.8 Å². The summed E-state index contributed by atoms with van der Waals surface area (Å²) in [4.78, 5) is 16.6. The molecule has 1 N–H and O–H groups in total. The van der Waals surface area contributed by atoms with Crippen LogP contribution < -0.4 is 0 Å². The first-order valence-corrected chi connectivity index (χ1v) is 7.10. The molecule has 1 radical (unpaired) electrons. The van der Waals surface area contributed by atoms with Gasteiger partial charge in [-0.2, -0.15) is 0 Å². The largest absolute Gasteiger partial charge is 3.00 e. The molecule has 0 unspecified atom stereocenters. The summed E-state index contributed by atoms with van der Waals surface area (Å²) in [6.45, 7) is 3.54. The average molecular weight is 514 g/mol. The summed E-state index contributed by atoms with van der Waals surface area (Å²) in [6, 6.07) is 3.88. The van der Waals surface area contributed by atoms with Crippen molar-refractivity contribution in [3.8, 4) is 0 Å². The number of halogens is 1. The Labute approximate surface area is 182 Å². The summed E-state index contributed by atoms with van der Waals surface area (Å²) >= 11 is 3.32. The molecule has 1 fully saturated rings. The Hall–Kier alpha value is 0.237. The fourth-order valence-corrected chi connectivity index (χ4v) is 2.73. The van der Waals surface area contributed by atoms with E-state index in [0.29, 0.717) is 32.5 Å². The maximum absolute atomic E-state index is 11.0. The van der Waals surface area contributed by atoms with Crippen LogP contribution in [-0.2, 0) is 10.3 Å². The topological polar surface area (TPSA) is 62.7 Å². The number of carbonyl (C=O) groups is 1. The third-order valence-electron chi connectivity index (χ3n) is 3.52. The molecule has 0 spiro atoms. The summed E-state index contributed by atoms with van der Waals surface area (Å²) < 4.78 is 6.73. The molecule has 2 rings (SSSR count). The van der Waals surface area contributed by atoms with Gasteiger partial charge in [-0.25, -0.2) is 9.78 Å². The number of amides is 1. The Morgan fingerprint density at radius 3 is 2.30 bits per heavy atom. The molecule has 7 heteroatoms. The zero-order valence-electron chi connectivity index (χ0n) is 14.3. The molecule has 5 nitrogen and oxygen atoms in total. The Bertz CT molecular complexity index is 449. The molecule has 0 atom stereocenters. The molecule has 0 saturated carbocycles. The normalized spacial score (nSPS) is 15.1. The number of likely N-dealkylation sites (tertiary alicyclic amines) is 1. The minimum absolute atomic E-state index is 0. The van der Waals surface area contributed by atoms with Crippen LogP contribution in [0.15, 0.2) is 22.9 Å². The van der Waals surface area contributed by atoms with Gasteiger partial charge in [0, 0.05) is 31.5 Å². The minimum Gasteiger partial charge on any atom is -0.465 e. The fraction of sp³-hybridized carbons (Fsp3) is 0.438. The van der Waals surface area contributed by atoms with Crippen molar-refractivity contribution in [1.82, 2.24) is 9.88 Å². The Morgan fingerprint density at radius 2 is 1.91 bits per heavy atom. The van der Waals surface area contributed by atoms with Crippen molar-refractivity contribution in [2.75, 3.05) is 19.7 Å². The van der Waals surface area contributed by atoms with Gasteiger partial charge in [0.15, 0.2) is 0 Å². The maximum atomic E-state index is 11.0. The summed E-state index contributed by atoms with van der Waals surface area (Å²) in [5, 5.41) is 9.01. The molecule has 23 heavy (non-hydrogen) atoms. The van der Waals surface area contributed by atoms with E-state index in [2.05, 4.69) is 20.9 Å². The van der Waals surface area contributed by atoms with Crippen LogP contribution in [0.4, 0.5) is 4.79 Å². The van der Waals surface area contributed by atoms with Gasteiger partial charge >= 0.3 is 47.8 Å². The van der Waals surface area contributed by atoms with Gasteiger partial charge in [-0.1, -0.05) is 6.07 Å². The summed E-state index contributed by atoms with van der Waals surface area (Å²) in [7, 11) is 0. The number of nitrogens with zero attached hydrogens (tertiary/aromatic N) is 2. The molecule has 0 aromatic carbocycles. The maximum Gasteiger partial charge on any atom is 3.00 e. The molecule has 0 aliphatic carbocycles. The Kier molecular flexibility index (Phi) is 15.3. The molecule has 1 amide bonds. The van der Waals surface area contributed by atoms with Crippen LogP contribution in [0, 0.1) is 64.0 Å². The van der Waals surface area contributed by atoms with E-state index in [1.54, 1.807) is 6.20 Å². The van der Waals surface area contributed by atoms with E-state index in [-0.39, 0.29) is 64.0 Å². The Balaban J connectivity index is -0.000001000. The Morgan fingerprint density at radius 1 is 1.35 bits per heavy atom. The van der Waals surface area contributed by atoms with Crippen LogP contribution in [0.1, 0.15) is 25.3 Å². The second kappa shape index (κ2) is 12.6. The van der Waals surface area contributed by atoms with Crippen molar-refractivity contribution in [2.45, 2.75) is 25.4 Å². The SMILES string of the molecule is CCOC1(c2ccc(Br)nc2)CCN(C(=O)O)CC1.[CH3-].[CH3-].[CH3-].[Ce+3]. The van der Waals surface area contributed by atoms with Crippen molar-refractivity contribution < 1.29 is 56.4 Å². The predicted octanol–water partition coefficient (Wildman–Crippen LogP) is 4.20. The van der Waals surface area contributed by atoms with Crippen molar-refractivity contribution in [2.24, 2.45) is 0 Å². The summed E-state index contributed by atoms with van der Waals surface area (Å²) in [6.07, 6.45) is 2.27. The van der Waals surface area contributed by atoms with Crippen molar-refractivity contribution in [3.63, 3.8) is 0 Å². The van der Waals surface area contributed by atoms with E-state index < -0.39 is 11.7 Å². The monoisotopic (exact) mass is 513 g/mol. The van der Waals surface area contributed by atoms with E-state index in [0.717, 1.165) is 10.2 Å². The molecule has 1 saturated heterocycles. The average Bonchev–Trinajstić information content (AvgIpc) is 2.40. The van der Waals surface area contributed by atoms with Crippen LogP contribution in [0.5, 0.6) is 0 Å². The van der Waals surface area contributed by atoms with E-state index in [1.165, 1.54) is 4.90 Å². The number of piperidine rings is 1. The van der Waals surface area contributed by atoms with E-state index in [9.17, 15) is 4.79 Å². The number of ether oxygens (including phenoxy) is 1. The van der Waals surface area contributed by atoms with E-state index in [4.69, 9.17) is 9.84 Å². The number of rotatable bonds is 3. The molecular formula is C16H26BrCeN2O3. The summed E-state index contributed by atoms with van der Waals surface area (Å²) in [5.41, 5.74) is 0.608. The van der Waals surface area contributed by atoms with Crippen molar-refractivity contribution in [1.29, 1.82) is 0 Å². The standard InChI is InChI=1S/C13H17BrN2O3.3CH3.Ce/c1-2-19-13(10-3-4-11(14)15-9-10)5-7-16(8-6-13)12(17)18;;;;/h3-4,9H,2,5-8H2,1H3,(H,17,18);3*1H3;/q;3*-1;+3. The number of hydrogen-bond acceptors (Lipinski definition) is 3. The van der Waals surface area contributed by atoms with Gasteiger partial charge < -0.3 is 37.0 Å². The number of carboxylic acid groups (broad SMARTS) is 1. The van der Waals surface area contributed by atoms with Gasteiger partial charge in [0.05, 0.1) is 5.60 Å².